The minimum atomic E-state index is -0.692. The molecule has 2 bridgehead atoms. The maximum atomic E-state index is 12.7. The molecule has 1 atom stereocenters. The zero-order valence-electron chi connectivity index (χ0n) is 12.8. The Morgan fingerprint density at radius 3 is 2.14 bits per heavy atom. The van der Waals surface area contributed by atoms with Crippen LogP contribution in [0, 0.1) is 10.8 Å². The van der Waals surface area contributed by atoms with E-state index in [2.05, 4.69) is 15.5 Å². The van der Waals surface area contributed by atoms with Crippen molar-refractivity contribution in [3.05, 3.63) is 12.7 Å². The van der Waals surface area contributed by atoms with Gasteiger partial charge in [0.1, 0.15) is 12.7 Å². The predicted octanol–water partition coefficient (Wildman–Crippen LogP) is 1.21. The van der Waals surface area contributed by atoms with Crippen molar-refractivity contribution in [2.24, 2.45) is 10.8 Å². The first-order valence-corrected chi connectivity index (χ1v) is 7.83. The van der Waals surface area contributed by atoms with E-state index in [1.807, 2.05) is 11.5 Å². The Bertz CT molecular complexity index is 545. The van der Waals surface area contributed by atoms with Crippen LogP contribution in [0.3, 0.4) is 0 Å². The fraction of sp³-hybridized carbons (Fsp3) is 0.733. The van der Waals surface area contributed by atoms with Crippen molar-refractivity contribution in [1.29, 1.82) is 0 Å². The van der Waals surface area contributed by atoms with E-state index < -0.39 is 11.4 Å². The van der Waals surface area contributed by atoms with Crippen molar-refractivity contribution >= 4 is 11.9 Å². The van der Waals surface area contributed by atoms with Gasteiger partial charge in [0.05, 0.1) is 5.41 Å². The number of nitrogens with one attached hydrogen (secondary N) is 1. The summed E-state index contributed by atoms with van der Waals surface area (Å²) in [7, 11) is 0. The minimum absolute atomic E-state index is 0.00837. The molecule has 1 amide bonds. The third kappa shape index (κ3) is 2.48. The highest BCUT2D eigenvalue weighted by molar-refractivity contribution is 5.85. The molecule has 0 aromatic carbocycles. The highest BCUT2D eigenvalue weighted by atomic mass is 16.4. The van der Waals surface area contributed by atoms with Crippen LogP contribution in [0.2, 0.25) is 0 Å². The number of hydrogen-bond donors (Lipinski definition) is 2. The quantitative estimate of drug-likeness (QED) is 0.852. The van der Waals surface area contributed by atoms with Crippen LogP contribution in [-0.2, 0) is 16.1 Å². The maximum Gasteiger partial charge on any atom is 0.309 e. The number of hydrogen-bond acceptors (Lipinski definition) is 4. The van der Waals surface area contributed by atoms with Gasteiger partial charge < -0.3 is 15.0 Å². The Morgan fingerprint density at radius 2 is 1.64 bits per heavy atom. The third-order valence-corrected chi connectivity index (χ3v) is 5.51. The van der Waals surface area contributed by atoms with E-state index in [1.165, 1.54) is 0 Å². The number of rotatable bonds is 5. The van der Waals surface area contributed by atoms with E-state index in [1.54, 1.807) is 12.7 Å². The summed E-state index contributed by atoms with van der Waals surface area (Å²) in [6.07, 6.45) is 7.17. The van der Waals surface area contributed by atoms with Crippen LogP contribution in [0.4, 0.5) is 0 Å². The van der Waals surface area contributed by atoms with E-state index in [9.17, 15) is 14.7 Å². The number of fused-ring (bicyclic) bond motifs is 3. The second-order valence-corrected chi connectivity index (χ2v) is 6.90. The molecule has 120 valence electrons. The summed E-state index contributed by atoms with van der Waals surface area (Å²) in [5, 5.41) is 20.0. The van der Waals surface area contributed by atoms with Gasteiger partial charge in [-0.3, -0.25) is 9.59 Å². The summed E-state index contributed by atoms with van der Waals surface area (Å²) in [5.41, 5.74) is -0.936. The second kappa shape index (κ2) is 5.37. The Balaban J connectivity index is 1.60. The molecule has 0 saturated heterocycles. The molecule has 0 spiro atoms. The monoisotopic (exact) mass is 306 g/mol. The summed E-state index contributed by atoms with van der Waals surface area (Å²) in [6, 6.07) is -0.00837. The third-order valence-electron chi connectivity index (χ3n) is 5.51. The molecule has 7 nitrogen and oxygen atoms in total. The number of aliphatic carboxylic acids is 1. The van der Waals surface area contributed by atoms with Gasteiger partial charge in [0, 0.05) is 18.0 Å². The van der Waals surface area contributed by atoms with Gasteiger partial charge in [-0.25, -0.2) is 0 Å². The first-order chi connectivity index (χ1) is 10.5. The SMILES string of the molecule is CC(Cn1cnnc1)NC(=O)C12CCC(C(=O)O)(CC1)CC2. The van der Waals surface area contributed by atoms with Gasteiger partial charge in [-0.15, -0.1) is 10.2 Å². The second-order valence-electron chi connectivity index (χ2n) is 6.90. The molecule has 2 N–H and O–H groups in total. The molecular weight excluding hydrogens is 284 g/mol. The Kier molecular flexibility index (Phi) is 3.66. The van der Waals surface area contributed by atoms with Gasteiger partial charge in [0.2, 0.25) is 5.91 Å². The molecule has 0 aliphatic heterocycles. The highest BCUT2D eigenvalue weighted by Crippen LogP contribution is 2.57. The van der Waals surface area contributed by atoms with Gasteiger partial charge in [0.25, 0.3) is 0 Å². The Labute approximate surface area is 129 Å². The van der Waals surface area contributed by atoms with Crippen molar-refractivity contribution in [2.45, 2.75) is 58.0 Å². The molecule has 0 radical (unpaired) electrons. The number of carboxylic acid groups (broad SMARTS) is 1. The minimum Gasteiger partial charge on any atom is -0.481 e. The Hall–Kier alpha value is -1.92. The van der Waals surface area contributed by atoms with Crippen molar-refractivity contribution in [1.82, 2.24) is 20.1 Å². The highest BCUT2D eigenvalue weighted by Gasteiger charge is 2.55. The summed E-state index contributed by atoms with van der Waals surface area (Å²) in [4.78, 5) is 24.1. The topological polar surface area (TPSA) is 97.1 Å². The molecule has 4 rings (SSSR count). The molecule has 1 aromatic heterocycles. The van der Waals surface area contributed by atoms with Crippen LogP contribution in [0.1, 0.15) is 45.4 Å². The van der Waals surface area contributed by atoms with E-state index in [0.717, 1.165) is 0 Å². The lowest BCUT2D eigenvalue weighted by molar-refractivity contribution is -0.163. The number of nitrogens with zero attached hydrogens (tertiary/aromatic N) is 3. The van der Waals surface area contributed by atoms with Crippen LogP contribution in [0.5, 0.6) is 0 Å². The van der Waals surface area contributed by atoms with Gasteiger partial charge in [-0.05, 0) is 45.4 Å². The number of aromatic nitrogens is 3. The summed E-state index contributed by atoms with van der Waals surface area (Å²) in [5.74, 6) is -0.617. The van der Waals surface area contributed by atoms with Gasteiger partial charge in [-0.1, -0.05) is 0 Å². The van der Waals surface area contributed by atoms with Gasteiger partial charge in [-0.2, -0.15) is 0 Å². The first kappa shape index (κ1) is 15.0. The van der Waals surface area contributed by atoms with E-state index in [4.69, 9.17) is 0 Å². The first-order valence-electron chi connectivity index (χ1n) is 7.83. The molecule has 3 saturated carbocycles. The van der Waals surface area contributed by atoms with Crippen molar-refractivity contribution in [3.8, 4) is 0 Å². The van der Waals surface area contributed by atoms with Crippen LogP contribution in [0.15, 0.2) is 12.7 Å². The zero-order chi connectivity index (χ0) is 15.8. The van der Waals surface area contributed by atoms with E-state index >= 15 is 0 Å². The summed E-state index contributed by atoms with van der Waals surface area (Å²) < 4.78 is 1.83. The maximum absolute atomic E-state index is 12.7. The lowest BCUT2D eigenvalue weighted by Crippen LogP contribution is -2.54. The lowest BCUT2D eigenvalue weighted by atomic mass is 9.53. The normalized spacial score (nSPS) is 31.7. The van der Waals surface area contributed by atoms with Crippen LogP contribution in [-0.4, -0.2) is 37.8 Å². The molecule has 3 fully saturated rings. The molecular formula is C15H22N4O3. The molecule has 22 heavy (non-hydrogen) atoms. The molecule has 7 heteroatoms. The number of carbonyl (C=O) groups excluding carboxylic acids is 1. The van der Waals surface area contributed by atoms with Crippen LogP contribution in [0.25, 0.3) is 0 Å². The Morgan fingerprint density at radius 1 is 1.14 bits per heavy atom. The lowest BCUT2D eigenvalue weighted by Gasteiger charge is -2.50. The largest absolute Gasteiger partial charge is 0.481 e. The number of carbonyl (C=O) groups is 2. The van der Waals surface area contributed by atoms with Crippen molar-refractivity contribution in [2.75, 3.05) is 0 Å². The van der Waals surface area contributed by atoms with Crippen LogP contribution >= 0.6 is 0 Å². The van der Waals surface area contributed by atoms with E-state index in [0.29, 0.717) is 45.1 Å². The average molecular weight is 306 g/mol. The van der Waals surface area contributed by atoms with Gasteiger partial charge >= 0.3 is 5.97 Å². The van der Waals surface area contributed by atoms with Crippen LogP contribution < -0.4 is 5.32 Å². The van der Waals surface area contributed by atoms with Crippen molar-refractivity contribution < 1.29 is 14.7 Å². The fourth-order valence-corrected chi connectivity index (χ4v) is 3.90. The number of carboxylic acids is 1. The predicted molar refractivity (Wildman–Crippen MR) is 77.8 cm³/mol. The van der Waals surface area contributed by atoms with Gasteiger partial charge in [0.15, 0.2) is 0 Å². The molecule has 3 aliphatic carbocycles. The molecule has 3 aliphatic rings. The average Bonchev–Trinajstić information content (AvgIpc) is 3.01. The smallest absolute Gasteiger partial charge is 0.309 e. The summed E-state index contributed by atoms with van der Waals surface area (Å²) >= 11 is 0. The fourth-order valence-electron chi connectivity index (χ4n) is 3.90. The molecule has 1 heterocycles. The number of amides is 1. The molecule has 1 unspecified atom stereocenters. The summed E-state index contributed by atoms with van der Waals surface area (Å²) in [6.45, 7) is 2.59. The molecule has 1 aromatic rings. The van der Waals surface area contributed by atoms with Crippen molar-refractivity contribution in [3.63, 3.8) is 0 Å². The zero-order valence-corrected chi connectivity index (χ0v) is 12.8. The van der Waals surface area contributed by atoms with E-state index in [-0.39, 0.29) is 17.4 Å². The standard InChI is InChI=1S/C15H22N4O3/c1-11(8-19-9-16-17-10-19)18-12(20)14-2-5-15(6-3-14,7-4-14)13(21)22/h9-11H,2-8H2,1H3,(H,18,20)(H,21,22).